The number of nitrogens with one attached hydrogen (secondary N) is 1. The van der Waals surface area contributed by atoms with Crippen LogP contribution in [-0.4, -0.2) is 26.0 Å². The van der Waals surface area contributed by atoms with Crippen LogP contribution in [0.25, 0.3) is 0 Å². The molecule has 0 radical (unpaired) electrons. The summed E-state index contributed by atoms with van der Waals surface area (Å²) in [6, 6.07) is 6.67. The van der Waals surface area contributed by atoms with E-state index in [1.165, 1.54) is 19.3 Å². The largest absolute Gasteiger partial charge is 0.481 e. The van der Waals surface area contributed by atoms with Gasteiger partial charge in [0.05, 0.1) is 4.90 Å². The van der Waals surface area contributed by atoms with Crippen LogP contribution in [0.3, 0.4) is 0 Å². The molecule has 2 aliphatic rings. The van der Waals surface area contributed by atoms with Crippen LogP contribution >= 0.6 is 15.9 Å². The molecule has 148 valence electrons. The molecule has 0 unspecified atom stereocenters. The van der Waals surface area contributed by atoms with Gasteiger partial charge in [0.25, 0.3) is 0 Å². The van der Waals surface area contributed by atoms with Gasteiger partial charge in [-0.1, -0.05) is 28.1 Å². The maximum Gasteiger partial charge on any atom is 0.303 e. The third-order valence-corrected chi connectivity index (χ3v) is 7.88. The zero-order valence-corrected chi connectivity index (χ0v) is 17.6. The summed E-state index contributed by atoms with van der Waals surface area (Å²) in [6.07, 6.45) is 9.47. The van der Waals surface area contributed by atoms with Gasteiger partial charge in [0.1, 0.15) is 0 Å². The molecule has 27 heavy (non-hydrogen) atoms. The quantitative estimate of drug-likeness (QED) is 0.431. The number of hydrogen-bond acceptors (Lipinski definition) is 3. The summed E-state index contributed by atoms with van der Waals surface area (Å²) >= 11 is 3.32. The van der Waals surface area contributed by atoms with E-state index in [1.807, 2.05) is 0 Å². The van der Waals surface area contributed by atoms with Crippen LogP contribution in [0.1, 0.15) is 38.5 Å². The number of halogens is 1. The molecule has 0 saturated heterocycles. The van der Waals surface area contributed by atoms with Gasteiger partial charge < -0.3 is 5.11 Å². The van der Waals surface area contributed by atoms with Crippen LogP contribution in [-0.2, 0) is 14.8 Å². The van der Waals surface area contributed by atoms with Gasteiger partial charge >= 0.3 is 5.97 Å². The fourth-order valence-electron chi connectivity index (χ4n) is 4.59. The maximum atomic E-state index is 12.6. The first-order valence-corrected chi connectivity index (χ1v) is 11.8. The molecular weight excluding hydrogens is 430 g/mol. The Labute approximate surface area is 169 Å². The first-order valence-electron chi connectivity index (χ1n) is 9.50. The number of hydrogen-bond donors (Lipinski definition) is 2. The van der Waals surface area contributed by atoms with Gasteiger partial charge in [-0.2, -0.15) is 0 Å². The molecule has 0 aliphatic heterocycles. The second-order valence-corrected chi connectivity index (χ2v) is 10.3. The SMILES string of the molecule is O=C(O)CCC/C=C\[C@@H]1[C@@H]2CC[C@@H](C2)[C@H]1CNS(=O)(=O)c1ccc(Br)cc1. The summed E-state index contributed by atoms with van der Waals surface area (Å²) in [5.41, 5.74) is 0. The van der Waals surface area contributed by atoms with Crippen LogP contribution in [0.2, 0.25) is 0 Å². The van der Waals surface area contributed by atoms with Crippen molar-refractivity contribution in [2.75, 3.05) is 6.54 Å². The number of sulfonamides is 1. The molecule has 0 aromatic heterocycles. The van der Waals surface area contributed by atoms with Gasteiger partial charge in [-0.3, -0.25) is 4.79 Å². The predicted molar refractivity (Wildman–Crippen MR) is 108 cm³/mol. The van der Waals surface area contributed by atoms with Crippen molar-refractivity contribution < 1.29 is 18.3 Å². The standard InChI is InChI=1S/C20H26BrNO4S/c21-16-8-10-17(11-9-16)27(25,26)22-13-19-15-7-6-14(12-15)18(19)4-2-1-3-5-20(23)24/h2,4,8-11,14-15,18-19,22H,1,3,5-7,12-13H2,(H,23,24)/b4-2-/t14-,15+,18-,19-/m1/s1. The monoisotopic (exact) mass is 455 g/mol. The number of unbranched alkanes of at least 4 members (excludes halogenated alkanes) is 1. The number of aliphatic carboxylic acids is 1. The highest BCUT2D eigenvalue weighted by Crippen LogP contribution is 2.52. The lowest BCUT2D eigenvalue weighted by Gasteiger charge is -2.29. The van der Waals surface area contributed by atoms with E-state index < -0.39 is 16.0 Å². The van der Waals surface area contributed by atoms with Crippen molar-refractivity contribution in [3.8, 4) is 0 Å². The number of carboxylic acid groups (broad SMARTS) is 1. The first kappa shape index (κ1) is 20.6. The molecule has 3 rings (SSSR count). The van der Waals surface area contributed by atoms with Crippen molar-refractivity contribution in [2.45, 2.75) is 43.4 Å². The van der Waals surface area contributed by atoms with Gasteiger partial charge in [0.15, 0.2) is 0 Å². The molecule has 1 aromatic carbocycles. The molecule has 2 N–H and O–H groups in total. The van der Waals surface area contributed by atoms with Crippen molar-refractivity contribution in [1.29, 1.82) is 0 Å². The maximum absolute atomic E-state index is 12.6. The zero-order valence-electron chi connectivity index (χ0n) is 15.2. The average molecular weight is 456 g/mol. The lowest BCUT2D eigenvalue weighted by molar-refractivity contribution is -0.137. The number of rotatable bonds is 9. The minimum Gasteiger partial charge on any atom is -0.481 e. The molecule has 2 fully saturated rings. The average Bonchev–Trinajstić information content (AvgIpc) is 3.21. The Bertz CT molecular complexity index is 791. The molecule has 4 atom stereocenters. The molecule has 2 aliphatic carbocycles. The summed E-state index contributed by atoms with van der Waals surface area (Å²) in [7, 11) is -3.50. The summed E-state index contributed by atoms with van der Waals surface area (Å²) in [5.74, 6) is 1.17. The molecular formula is C20H26BrNO4S. The molecule has 2 saturated carbocycles. The number of allylic oxidation sites excluding steroid dienone is 2. The van der Waals surface area contributed by atoms with Crippen molar-refractivity contribution in [3.63, 3.8) is 0 Å². The number of benzene rings is 1. The second-order valence-electron chi connectivity index (χ2n) is 7.59. The Balaban J connectivity index is 1.59. The molecule has 7 heteroatoms. The van der Waals surface area contributed by atoms with Gasteiger partial charge in [0.2, 0.25) is 10.0 Å². The van der Waals surface area contributed by atoms with Crippen LogP contribution < -0.4 is 4.72 Å². The van der Waals surface area contributed by atoms with Crippen molar-refractivity contribution in [1.82, 2.24) is 4.72 Å². The highest BCUT2D eigenvalue weighted by atomic mass is 79.9. The fourth-order valence-corrected chi connectivity index (χ4v) is 5.92. The minimum absolute atomic E-state index is 0.192. The van der Waals surface area contributed by atoms with Crippen molar-refractivity contribution in [3.05, 3.63) is 40.9 Å². The Morgan fingerprint density at radius 1 is 1.22 bits per heavy atom. The van der Waals surface area contributed by atoms with Crippen molar-refractivity contribution >= 4 is 31.9 Å². The molecule has 0 heterocycles. The van der Waals surface area contributed by atoms with Gasteiger partial charge in [0, 0.05) is 17.4 Å². The van der Waals surface area contributed by atoms with Crippen LogP contribution in [0, 0.1) is 23.7 Å². The zero-order chi connectivity index (χ0) is 19.4. The number of carbonyl (C=O) groups is 1. The molecule has 1 aromatic rings. The molecule has 0 amide bonds. The predicted octanol–water partition coefficient (Wildman–Crippen LogP) is 4.20. The second kappa shape index (κ2) is 8.88. The summed E-state index contributed by atoms with van der Waals surface area (Å²) in [6.45, 7) is 0.462. The Morgan fingerprint density at radius 2 is 1.93 bits per heavy atom. The fraction of sp³-hybridized carbons (Fsp3) is 0.550. The Morgan fingerprint density at radius 3 is 2.63 bits per heavy atom. The van der Waals surface area contributed by atoms with Crippen LogP contribution in [0.5, 0.6) is 0 Å². The number of fused-ring (bicyclic) bond motifs is 2. The minimum atomic E-state index is -3.50. The highest BCUT2D eigenvalue weighted by Gasteiger charge is 2.46. The van der Waals surface area contributed by atoms with E-state index in [2.05, 4.69) is 32.8 Å². The smallest absolute Gasteiger partial charge is 0.303 e. The van der Waals surface area contributed by atoms with Crippen molar-refractivity contribution in [2.24, 2.45) is 23.7 Å². The van der Waals surface area contributed by atoms with Gasteiger partial charge in [-0.25, -0.2) is 13.1 Å². The Kier molecular flexibility index (Phi) is 6.76. The van der Waals surface area contributed by atoms with Gasteiger partial charge in [-0.05, 0) is 80.0 Å². The van der Waals surface area contributed by atoms with E-state index >= 15 is 0 Å². The van der Waals surface area contributed by atoms with E-state index in [0.29, 0.717) is 36.6 Å². The molecule has 2 bridgehead atoms. The lowest BCUT2D eigenvalue weighted by Crippen LogP contribution is -2.35. The molecule has 0 spiro atoms. The van der Waals surface area contributed by atoms with Crippen LogP contribution in [0.15, 0.2) is 45.8 Å². The lowest BCUT2D eigenvalue weighted by atomic mass is 9.79. The summed E-state index contributed by atoms with van der Waals surface area (Å²) in [5, 5.41) is 8.72. The summed E-state index contributed by atoms with van der Waals surface area (Å²) < 4.78 is 28.8. The highest BCUT2D eigenvalue weighted by molar-refractivity contribution is 9.10. The van der Waals surface area contributed by atoms with E-state index in [-0.39, 0.29) is 11.3 Å². The van der Waals surface area contributed by atoms with E-state index in [9.17, 15) is 13.2 Å². The van der Waals surface area contributed by atoms with E-state index in [4.69, 9.17) is 5.11 Å². The number of carboxylic acids is 1. The van der Waals surface area contributed by atoms with E-state index in [1.54, 1.807) is 24.3 Å². The summed E-state index contributed by atoms with van der Waals surface area (Å²) in [4.78, 5) is 10.9. The Hall–Kier alpha value is -1.18. The van der Waals surface area contributed by atoms with Gasteiger partial charge in [-0.15, -0.1) is 0 Å². The first-order chi connectivity index (χ1) is 12.9. The third-order valence-electron chi connectivity index (χ3n) is 5.91. The topological polar surface area (TPSA) is 83.5 Å². The molecule has 5 nitrogen and oxygen atoms in total. The van der Waals surface area contributed by atoms with Crippen LogP contribution in [0.4, 0.5) is 0 Å². The van der Waals surface area contributed by atoms with E-state index in [0.717, 1.165) is 10.9 Å². The normalized spacial score (nSPS) is 27.4. The third kappa shape index (κ3) is 5.21.